The summed E-state index contributed by atoms with van der Waals surface area (Å²) in [7, 11) is 0. The Balaban J connectivity index is 3.16. The van der Waals surface area contributed by atoms with Gasteiger partial charge in [-0.05, 0) is 6.42 Å². The summed E-state index contributed by atoms with van der Waals surface area (Å²) < 4.78 is 172. The van der Waals surface area contributed by atoms with Crippen molar-refractivity contribution in [2.45, 2.75) is 73.2 Å². The SMILES string of the molecule is O[C@@H]1[C@@H](O)[C@@H](CCC(F)(F)C(F)(F)C(F)(F)C(F)(F)C(F)(F)C(F)(F)F)O[C@H]1O. The molecule has 1 aliphatic rings. The number of hydrogen-bond donors (Lipinski definition) is 3. The Morgan fingerprint density at radius 2 is 1.00 bits per heavy atom. The molecule has 1 aliphatic heterocycles. The minimum atomic E-state index is -7.99. The van der Waals surface area contributed by atoms with Gasteiger partial charge in [-0.2, -0.15) is 57.1 Å². The van der Waals surface area contributed by atoms with E-state index in [1.165, 1.54) is 0 Å². The monoisotopic (exact) mass is 466 g/mol. The molecule has 1 fully saturated rings. The lowest BCUT2D eigenvalue weighted by Gasteiger charge is -2.40. The highest BCUT2D eigenvalue weighted by atomic mass is 19.4. The predicted molar refractivity (Wildman–Crippen MR) is 62.9 cm³/mol. The first-order valence-corrected chi connectivity index (χ1v) is 7.21. The average molecular weight is 466 g/mol. The summed E-state index contributed by atoms with van der Waals surface area (Å²) in [5, 5.41) is 27.3. The van der Waals surface area contributed by atoms with Crippen LogP contribution in [0.15, 0.2) is 0 Å². The maximum atomic E-state index is 13.5. The molecule has 4 nitrogen and oxygen atoms in total. The molecule has 0 spiro atoms. The van der Waals surface area contributed by atoms with Crippen molar-refractivity contribution in [3.8, 4) is 0 Å². The Labute approximate surface area is 151 Å². The predicted octanol–water partition coefficient (Wildman–Crippen LogP) is 2.94. The molecule has 0 aromatic rings. The van der Waals surface area contributed by atoms with Gasteiger partial charge in [0.25, 0.3) is 0 Å². The normalized spacial score (nSPS) is 28.1. The molecule has 1 saturated heterocycles. The van der Waals surface area contributed by atoms with E-state index in [1.807, 2.05) is 0 Å². The fourth-order valence-corrected chi connectivity index (χ4v) is 2.25. The van der Waals surface area contributed by atoms with Crippen molar-refractivity contribution in [2.24, 2.45) is 0 Å². The Morgan fingerprint density at radius 3 is 1.34 bits per heavy atom. The fourth-order valence-electron chi connectivity index (χ4n) is 2.25. The van der Waals surface area contributed by atoms with Gasteiger partial charge in [-0.15, -0.1) is 0 Å². The minimum Gasteiger partial charge on any atom is -0.387 e. The molecular formula is C12H11F13O4. The fraction of sp³-hybridized carbons (Fsp3) is 1.00. The van der Waals surface area contributed by atoms with Crippen molar-refractivity contribution >= 4 is 0 Å². The molecule has 174 valence electrons. The molecule has 0 aliphatic carbocycles. The molecule has 0 aromatic heterocycles. The van der Waals surface area contributed by atoms with Gasteiger partial charge in [-0.1, -0.05) is 0 Å². The van der Waals surface area contributed by atoms with Crippen LogP contribution in [0.4, 0.5) is 57.1 Å². The number of aliphatic hydroxyl groups is 3. The molecule has 29 heavy (non-hydrogen) atoms. The highest BCUT2D eigenvalue weighted by Gasteiger charge is 2.90. The number of aliphatic hydroxyl groups excluding tert-OH is 3. The molecule has 1 heterocycles. The van der Waals surface area contributed by atoms with Crippen LogP contribution in [0.25, 0.3) is 0 Å². The van der Waals surface area contributed by atoms with Gasteiger partial charge in [-0.3, -0.25) is 0 Å². The Morgan fingerprint density at radius 1 is 0.586 bits per heavy atom. The lowest BCUT2D eigenvalue weighted by molar-refractivity contribution is -0.440. The van der Waals surface area contributed by atoms with Crippen LogP contribution >= 0.6 is 0 Å². The molecule has 0 radical (unpaired) electrons. The van der Waals surface area contributed by atoms with Gasteiger partial charge in [0.15, 0.2) is 6.29 Å². The van der Waals surface area contributed by atoms with Crippen molar-refractivity contribution in [1.29, 1.82) is 0 Å². The maximum Gasteiger partial charge on any atom is 0.460 e. The molecule has 0 unspecified atom stereocenters. The molecular weight excluding hydrogens is 455 g/mol. The first-order chi connectivity index (χ1) is 12.6. The summed E-state index contributed by atoms with van der Waals surface area (Å²) in [5.74, 6) is -37.4. The zero-order chi connectivity index (χ0) is 23.4. The van der Waals surface area contributed by atoms with E-state index >= 15 is 0 Å². The summed E-state index contributed by atoms with van der Waals surface area (Å²) in [4.78, 5) is 0. The van der Waals surface area contributed by atoms with Crippen LogP contribution < -0.4 is 0 Å². The average Bonchev–Trinajstić information content (AvgIpc) is 2.78. The van der Waals surface area contributed by atoms with E-state index < -0.39 is 73.2 Å². The van der Waals surface area contributed by atoms with Crippen molar-refractivity contribution in [1.82, 2.24) is 0 Å². The first-order valence-electron chi connectivity index (χ1n) is 7.21. The van der Waals surface area contributed by atoms with Crippen LogP contribution in [0.5, 0.6) is 0 Å². The second kappa shape index (κ2) is 7.26. The zero-order valence-corrected chi connectivity index (χ0v) is 13.4. The molecule has 17 heteroatoms. The zero-order valence-electron chi connectivity index (χ0n) is 13.4. The molecule has 0 bridgehead atoms. The lowest BCUT2D eigenvalue weighted by atomic mass is 9.91. The third-order valence-corrected chi connectivity index (χ3v) is 4.08. The molecule has 0 aromatic carbocycles. The quantitative estimate of drug-likeness (QED) is 0.505. The van der Waals surface area contributed by atoms with Gasteiger partial charge in [0.05, 0.1) is 6.10 Å². The van der Waals surface area contributed by atoms with Crippen LogP contribution in [-0.4, -0.2) is 75.7 Å². The molecule has 1 rings (SSSR count). The van der Waals surface area contributed by atoms with Crippen LogP contribution in [0.2, 0.25) is 0 Å². The lowest BCUT2D eigenvalue weighted by Crippen LogP contribution is -2.70. The van der Waals surface area contributed by atoms with Crippen LogP contribution in [0, 0.1) is 0 Å². The summed E-state index contributed by atoms with van der Waals surface area (Å²) in [6.07, 6.45) is -20.4. The third kappa shape index (κ3) is 3.85. The van der Waals surface area contributed by atoms with E-state index in [-0.39, 0.29) is 0 Å². The van der Waals surface area contributed by atoms with Crippen LogP contribution in [0.1, 0.15) is 12.8 Å². The van der Waals surface area contributed by atoms with E-state index in [0.717, 1.165) is 0 Å². The Bertz CT molecular complexity index is 591. The Hall–Kier alpha value is -1.07. The highest BCUT2D eigenvalue weighted by molar-refractivity contribution is 5.10. The van der Waals surface area contributed by atoms with Gasteiger partial charge in [0, 0.05) is 6.42 Å². The summed E-state index contributed by atoms with van der Waals surface area (Å²) in [6, 6.07) is 0. The largest absolute Gasteiger partial charge is 0.460 e. The number of hydrogen-bond acceptors (Lipinski definition) is 4. The van der Waals surface area contributed by atoms with Crippen LogP contribution in [0.3, 0.4) is 0 Å². The summed E-state index contributed by atoms with van der Waals surface area (Å²) in [6.45, 7) is 0. The van der Waals surface area contributed by atoms with E-state index in [2.05, 4.69) is 4.74 Å². The standard InChI is InChI=1S/C12H11F13O4/c13-7(14,2-1-3-4(26)5(27)6(28)29-3)8(15,16)9(17,18)10(19,20)11(21,22)12(23,24)25/h3-6,26-28H,1-2H2/t3-,4+,5-,6-/m1/s1. The molecule has 4 atom stereocenters. The molecule has 0 amide bonds. The number of ether oxygens (including phenoxy) is 1. The summed E-state index contributed by atoms with van der Waals surface area (Å²) >= 11 is 0. The minimum absolute atomic E-state index is 1.62. The van der Waals surface area contributed by atoms with Crippen LogP contribution in [-0.2, 0) is 4.74 Å². The third-order valence-electron chi connectivity index (χ3n) is 4.08. The van der Waals surface area contributed by atoms with E-state index in [1.54, 1.807) is 0 Å². The van der Waals surface area contributed by atoms with Gasteiger partial charge in [0.2, 0.25) is 0 Å². The number of halogens is 13. The topological polar surface area (TPSA) is 69.9 Å². The Kier molecular flexibility index (Phi) is 6.50. The summed E-state index contributed by atoms with van der Waals surface area (Å²) in [5.41, 5.74) is 0. The van der Waals surface area contributed by atoms with E-state index in [9.17, 15) is 62.2 Å². The highest BCUT2D eigenvalue weighted by Crippen LogP contribution is 2.60. The van der Waals surface area contributed by atoms with Crippen molar-refractivity contribution in [3.05, 3.63) is 0 Å². The van der Waals surface area contributed by atoms with Crippen molar-refractivity contribution < 1.29 is 77.1 Å². The number of rotatable bonds is 7. The van der Waals surface area contributed by atoms with E-state index in [0.29, 0.717) is 0 Å². The second-order valence-electron chi connectivity index (χ2n) is 6.08. The smallest absolute Gasteiger partial charge is 0.387 e. The van der Waals surface area contributed by atoms with Gasteiger partial charge in [0.1, 0.15) is 12.2 Å². The van der Waals surface area contributed by atoms with Gasteiger partial charge >= 0.3 is 35.8 Å². The molecule has 3 N–H and O–H groups in total. The van der Waals surface area contributed by atoms with Gasteiger partial charge in [-0.25, -0.2) is 0 Å². The number of alkyl halides is 13. The first kappa shape index (κ1) is 26.0. The maximum absolute atomic E-state index is 13.5. The van der Waals surface area contributed by atoms with E-state index in [4.69, 9.17) is 10.2 Å². The molecule has 0 saturated carbocycles. The van der Waals surface area contributed by atoms with Crippen molar-refractivity contribution in [2.75, 3.05) is 0 Å². The van der Waals surface area contributed by atoms with Crippen molar-refractivity contribution in [3.63, 3.8) is 0 Å². The second-order valence-corrected chi connectivity index (χ2v) is 6.08. The van der Waals surface area contributed by atoms with Gasteiger partial charge < -0.3 is 20.1 Å².